The number of carbonyl (C=O) groups is 2. The molecule has 3 rings (SSSR count). The zero-order valence-corrected chi connectivity index (χ0v) is 16.9. The van der Waals surface area contributed by atoms with Crippen LogP contribution in [0.3, 0.4) is 0 Å². The summed E-state index contributed by atoms with van der Waals surface area (Å²) in [4.78, 5) is 26.3. The average Bonchev–Trinajstić information content (AvgIpc) is 3.06. The van der Waals surface area contributed by atoms with Crippen LogP contribution in [0, 0.1) is 6.92 Å². The Balaban J connectivity index is 1.70. The molecule has 144 valence electrons. The van der Waals surface area contributed by atoms with Crippen molar-refractivity contribution in [3.8, 4) is 11.5 Å². The Morgan fingerprint density at radius 2 is 1.96 bits per heavy atom. The highest BCUT2D eigenvalue weighted by atomic mass is 79.9. The quantitative estimate of drug-likeness (QED) is 0.615. The van der Waals surface area contributed by atoms with Crippen LogP contribution in [0.25, 0.3) is 0 Å². The lowest BCUT2D eigenvalue weighted by atomic mass is 10.1. The van der Waals surface area contributed by atoms with Crippen molar-refractivity contribution in [2.24, 2.45) is 0 Å². The van der Waals surface area contributed by atoms with Gasteiger partial charge in [-0.15, -0.1) is 0 Å². The Morgan fingerprint density at radius 3 is 2.68 bits per heavy atom. The number of amides is 2. The number of anilines is 1. The molecule has 0 unspecified atom stereocenters. The third kappa shape index (κ3) is 4.98. The van der Waals surface area contributed by atoms with Crippen LogP contribution in [-0.4, -0.2) is 35.5 Å². The van der Waals surface area contributed by atoms with E-state index in [-0.39, 0.29) is 18.4 Å². The molecule has 0 aliphatic heterocycles. The van der Waals surface area contributed by atoms with E-state index in [9.17, 15) is 9.59 Å². The predicted molar refractivity (Wildman–Crippen MR) is 107 cm³/mol. The zero-order chi connectivity index (χ0) is 20.1. The highest BCUT2D eigenvalue weighted by Crippen LogP contribution is 2.28. The van der Waals surface area contributed by atoms with Gasteiger partial charge < -0.3 is 19.5 Å². The molecule has 0 saturated carbocycles. The maximum absolute atomic E-state index is 12.8. The molecule has 0 bridgehead atoms. The van der Waals surface area contributed by atoms with Gasteiger partial charge in [-0.2, -0.15) is 0 Å². The van der Waals surface area contributed by atoms with Gasteiger partial charge in [0.05, 0.1) is 12.1 Å². The van der Waals surface area contributed by atoms with Crippen LogP contribution < -0.4 is 10.1 Å². The fraction of sp³-hybridized carbons (Fsp3) is 0.150. The largest absolute Gasteiger partial charge is 0.456 e. The Labute approximate surface area is 170 Å². The second-order valence-corrected chi connectivity index (χ2v) is 7.00. The number of hydrogen-bond donors (Lipinski definition) is 1. The molecular formula is C20H18BrN3O4. The van der Waals surface area contributed by atoms with Gasteiger partial charge in [-0.1, -0.05) is 39.3 Å². The number of nitrogens with one attached hydrogen (secondary N) is 1. The molecule has 0 fully saturated rings. The molecule has 3 aromatic rings. The van der Waals surface area contributed by atoms with Crippen LogP contribution in [0.4, 0.5) is 5.82 Å². The van der Waals surface area contributed by atoms with Crippen molar-refractivity contribution in [1.29, 1.82) is 0 Å². The Morgan fingerprint density at radius 1 is 1.18 bits per heavy atom. The number of likely N-dealkylation sites (N-methyl/N-ethyl adjacent to an activating group) is 1. The Hall–Kier alpha value is -3.13. The molecule has 8 heteroatoms. The molecule has 0 aliphatic carbocycles. The molecule has 0 atom stereocenters. The van der Waals surface area contributed by atoms with Crippen LogP contribution in [0.5, 0.6) is 11.5 Å². The Kier molecular flexibility index (Phi) is 6.10. The molecule has 2 amide bonds. The van der Waals surface area contributed by atoms with E-state index in [0.717, 1.165) is 4.47 Å². The van der Waals surface area contributed by atoms with Gasteiger partial charge in [-0.3, -0.25) is 9.59 Å². The van der Waals surface area contributed by atoms with E-state index in [2.05, 4.69) is 26.4 Å². The smallest absolute Gasteiger partial charge is 0.257 e. The van der Waals surface area contributed by atoms with Gasteiger partial charge in [0.25, 0.3) is 5.91 Å². The van der Waals surface area contributed by atoms with E-state index in [4.69, 9.17) is 9.26 Å². The Bertz CT molecular complexity index is 1000. The molecular weight excluding hydrogens is 426 g/mol. The molecule has 1 N–H and O–H groups in total. The minimum Gasteiger partial charge on any atom is -0.456 e. The predicted octanol–water partition coefficient (Wildman–Crippen LogP) is 4.25. The molecule has 0 aliphatic rings. The van der Waals surface area contributed by atoms with Crippen molar-refractivity contribution in [2.45, 2.75) is 6.92 Å². The van der Waals surface area contributed by atoms with Crippen LogP contribution in [0.15, 0.2) is 63.6 Å². The number of aromatic nitrogens is 1. The summed E-state index contributed by atoms with van der Waals surface area (Å²) >= 11 is 3.39. The molecule has 0 saturated heterocycles. The summed E-state index contributed by atoms with van der Waals surface area (Å²) in [7, 11) is 1.55. The highest BCUT2D eigenvalue weighted by Gasteiger charge is 2.19. The maximum Gasteiger partial charge on any atom is 0.257 e. The maximum atomic E-state index is 12.8. The van der Waals surface area contributed by atoms with Crippen molar-refractivity contribution in [1.82, 2.24) is 10.1 Å². The lowest BCUT2D eigenvalue weighted by molar-refractivity contribution is -0.116. The molecule has 1 aromatic heterocycles. The monoisotopic (exact) mass is 443 g/mol. The molecule has 0 radical (unpaired) electrons. The van der Waals surface area contributed by atoms with Crippen molar-refractivity contribution >= 4 is 33.6 Å². The number of carbonyl (C=O) groups excluding carboxylic acids is 2. The summed E-state index contributed by atoms with van der Waals surface area (Å²) in [6.45, 7) is 1.58. The minimum atomic E-state index is -0.380. The fourth-order valence-electron chi connectivity index (χ4n) is 2.49. The zero-order valence-electron chi connectivity index (χ0n) is 15.3. The molecule has 2 aromatic carbocycles. The second kappa shape index (κ2) is 8.71. The van der Waals surface area contributed by atoms with Crippen molar-refractivity contribution in [2.75, 3.05) is 18.9 Å². The number of rotatable bonds is 6. The lowest BCUT2D eigenvalue weighted by Gasteiger charge is -2.18. The third-order valence-electron chi connectivity index (χ3n) is 3.76. The fourth-order valence-corrected chi connectivity index (χ4v) is 2.87. The standard InChI is InChI=1S/C20H18BrN3O4/c1-13-10-18(23-28-13)22-19(25)12-24(2)20(26)16-8-3-4-9-17(16)27-15-7-5-6-14(21)11-15/h3-11H,12H2,1-2H3,(H,22,23,25). The van der Waals surface area contributed by atoms with Crippen molar-refractivity contribution in [3.05, 3.63) is 70.4 Å². The first-order valence-corrected chi connectivity index (χ1v) is 9.23. The van der Waals surface area contributed by atoms with Gasteiger partial charge in [0.1, 0.15) is 17.3 Å². The van der Waals surface area contributed by atoms with Gasteiger partial charge >= 0.3 is 0 Å². The molecule has 1 heterocycles. The van der Waals surface area contributed by atoms with E-state index < -0.39 is 0 Å². The van der Waals surface area contributed by atoms with Crippen molar-refractivity contribution < 1.29 is 18.8 Å². The number of para-hydroxylation sites is 1. The van der Waals surface area contributed by atoms with Gasteiger partial charge in [-0.05, 0) is 37.3 Å². The van der Waals surface area contributed by atoms with Gasteiger partial charge in [0.15, 0.2) is 5.82 Å². The summed E-state index contributed by atoms with van der Waals surface area (Å²) in [5.74, 6) is 1.17. The lowest BCUT2D eigenvalue weighted by Crippen LogP contribution is -2.35. The summed E-state index contributed by atoms with van der Waals surface area (Å²) in [6, 6.07) is 15.8. The molecule has 7 nitrogen and oxygen atoms in total. The van der Waals surface area contributed by atoms with Crippen LogP contribution >= 0.6 is 15.9 Å². The van der Waals surface area contributed by atoms with Gasteiger partial charge in [0.2, 0.25) is 5.91 Å². The van der Waals surface area contributed by atoms with Crippen molar-refractivity contribution in [3.63, 3.8) is 0 Å². The number of ether oxygens (including phenoxy) is 1. The SMILES string of the molecule is Cc1cc(NC(=O)CN(C)C(=O)c2ccccc2Oc2cccc(Br)c2)no1. The second-order valence-electron chi connectivity index (χ2n) is 6.09. The summed E-state index contributed by atoms with van der Waals surface area (Å²) < 4.78 is 11.6. The summed E-state index contributed by atoms with van der Waals surface area (Å²) in [5, 5.41) is 6.29. The number of aryl methyl sites for hydroxylation is 1. The summed E-state index contributed by atoms with van der Waals surface area (Å²) in [6.07, 6.45) is 0. The average molecular weight is 444 g/mol. The number of benzene rings is 2. The minimum absolute atomic E-state index is 0.143. The van der Waals surface area contributed by atoms with Crippen LogP contribution in [-0.2, 0) is 4.79 Å². The van der Waals surface area contributed by atoms with E-state index in [1.54, 1.807) is 56.4 Å². The van der Waals surface area contributed by atoms with E-state index in [0.29, 0.717) is 28.6 Å². The highest BCUT2D eigenvalue weighted by molar-refractivity contribution is 9.10. The molecule has 28 heavy (non-hydrogen) atoms. The van der Waals surface area contributed by atoms with E-state index in [1.165, 1.54) is 4.90 Å². The van der Waals surface area contributed by atoms with Gasteiger partial charge in [0, 0.05) is 17.6 Å². The van der Waals surface area contributed by atoms with Gasteiger partial charge in [-0.25, -0.2) is 0 Å². The first-order chi connectivity index (χ1) is 13.4. The first-order valence-electron chi connectivity index (χ1n) is 8.43. The number of hydrogen-bond acceptors (Lipinski definition) is 5. The number of halogens is 1. The summed E-state index contributed by atoms with van der Waals surface area (Å²) in [5.41, 5.74) is 0.357. The van der Waals surface area contributed by atoms with E-state index >= 15 is 0 Å². The third-order valence-corrected chi connectivity index (χ3v) is 4.26. The normalized spacial score (nSPS) is 10.4. The first kappa shape index (κ1) is 19.6. The molecule has 0 spiro atoms. The topological polar surface area (TPSA) is 84.7 Å². The van der Waals surface area contributed by atoms with Crippen LogP contribution in [0.1, 0.15) is 16.1 Å². The van der Waals surface area contributed by atoms with Crippen LogP contribution in [0.2, 0.25) is 0 Å². The van der Waals surface area contributed by atoms with E-state index in [1.807, 2.05) is 12.1 Å². The number of nitrogens with zero attached hydrogens (tertiary/aromatic N) is 2.